The Morgan fingerprint density at radius 2 is 2.10 bits per heavy atom. The van der Waals surface area contributed by atoms with E-state index < -0.39 is 0 Å². The van der Waals surface area contributed by atoms with Gasteiger partial charge in [0.05, 0.1) is 7.11 Å². The molecule has 5 rings (SSSR count). The first-order valence-corrected chi connectivity index (χ1v) is 10.9. The first kappa shape index (κ1) is 19.9. The van der Waals surface area contributed by atoms with Crippen molar-refractivity contribution in [1.29, 1.82) is 0 Å². The Bertz CT molecular complexity index is 1200. The number of carbonyl (C=O) groups excluding carboxylic acids is 1. The minimum absolute atomic E-state index is 0.0817. The van der Waals surface area contributed by atoms with Crippen molar-refractivity contribution < 1.29 is 9.53 Å². The van der Waals surface area contributed by atoms with E-state index in [1.165, 1.54) is 0 Å². The van der Waals surface area contributed by atoms with E-state index in [-0.39, 0.29) is 11.5 Å². The van der Waals surface area contributed by atoms with Crippen molar-refractivity contribution in [3.8, 4) is 5.75 Å². The van der Waals surface area contributed by atoms with Gasteiger partial charge in [0.2, 0.25) is 0 Å². The molecule has 2 aliphatic rings. The number of amides is 1. The molecule has 3 aromatic rings. The Hall–Kier alpha value is -3.06. The lowest BCUT2D eigenvalue weighted by atomic mass is 9.83. The summed E-state index contributed by atoms with van der Waals surface area (Å²) in [6, 6.07) is 11.4. The number of H-pyrrole nitrogens is 1. The lowest BCUT2D eigenvalue weighted by Crippen LogP contribution is -2.48. The molecule has 162 valence electrons. The quantitative estimate of drug-likeness (QED) is 0.665. The number of likely N-dealkylation sites (tertiary alicyclic amines) is 1. The van der Waals surface area contributed by atoms with Crippen molar-refractivity contribution in [3.05, 3.63) is 63.7 Å². The van der Waals surface area contributed by atoms with Crippen LogP contribution in [0.25, 0.3) is 10.9 Å². The van der Waals surface area contributed by atoms with Crippen LogP contribution in [-0.4, -0.2) is 53.6 Å². The highest BCUT2D eigenvalue weighted by atomic mass is 16.5. The third-order valence-corrected chi connectivity index (χ3v) is 6.76. The molecular weight excluding hydrogens is 392 g/mol. The van der Waals surface area contributed by atoms with Crippen LogP contribution in [0, 0.1) is 12.8 Å². The topological polar surface area (TPSA) is 79.4 Å². The van der Waals surface area contributed by atoms with E-state index in [4.69, 9.17) is 4.74 Å². The van der Waals surface area contributed by atoms with Crippen molar-refractivity contribution in [1.82, 2.24) is 19.8 Å². The zero-order valence-corrected chi connectivity index (χ0v) is 18.0. The van der Waals surface area contributed by atoms with E-state index in [0.717, 1.165) is 60.5 Å². The van der Waals surface area contributed by atoms with E-state index in [1.807, 2.05) is 35.8 Å². The monoisotopic (exact) mass is 420 g/mol. The average molecular weight is 421 g/mol. The van der Waals surface area contributed by atoms with Crippen LogP contribution in [0.15, 0.2) is 41.2 Å². The third kappa shape index (κ3) is 3.63. The van der Waals surface area contributed by atoms with Crippen LogP contribution in [0.3, 0.4) is 0 Å². The van der Waals surface area contributed by atoms with Gasteiger partial charge in [-0.05, 0) is 49.1 Å². The maximum atomic E-state index is 12.8. The summed E-state index contributed by atoms with van der Waals surface area (Å²) in [7, 11) is 1.64. The second-order valence-corrected chi connectivity index (χ2v) is 8.75. The molecule has 1 fully saturated rings. The van der Waals surface area contributed by atoms with Gasteiger partial charge in [0.25, 0.3) is 11.5 Å². The molecule has 2 aromatic heterocycles. The van der Waals surface area contributed by atoms with Gasteiger partial charge in [0, 0.05) is 61.3 Å². The van der Waals surface area contributed by atoms with Crippen LogP contribution in [0.1, 0.15) is 34.1 Å². The number of fused-ring (bicyclic) bond motifs is 5. The summed E-state index contributed by atoms with van der Waals surface area (Å²) in [4.78, 5) is 30.6. The number of nitrogens with one attached hydrogen (secondary N) is 2. The van der Waals surface area contributed by atoms with Crippen LogP contribution >= 0.6 is 0 Å². The Balaban J connectivity index is 1.22. The fourth-order valence-electron chi connectivity index (χ4n) is 5.25. The zero-order valence-electron chi connectivity index (χ0n) is 18.0. The van der Waals surface area contributed by atoms with Crippen LogP contribution in [-0.2, 0) is 6.54 Å². The van der Waals surface area contributed by atoms with Gasteiger partial charge < -0.3 is 24.5 Å². The average Bonchev–Trinajstić information content (AvgIpc) is 3.10. The lowest BCUT2D eigenvalue weighted by molar-refractivity contribution is 0.0923. The number of hydrogen-bond acceptors (Lipinski definition) is 4. The SMILES string of the molecule is COc1ccc2[nH]c(C(=O)NCCN3C[C@H]4C[C@@H](C3)c3cccc(=O)n3C4)c(C)c2c1. The number of aryl methyl sites for hydroxylation is 1. The number of benzene rings is 1. The maximum Gasteiger partial charge on any atom is 0.268 e. The Morgan fingerprint density at radius 1 is 1.23 bits per heavy atom. The van der Waals surface area contributed by atoms with Crippen LogP contribution in [0.4, 0.5) is 0 Å². The predicted molar refractivity (Wildman–Crippen MR) is 120 cm³/mol. The highest BCUT2D eigenvalue weighted by Gasteiger charge is 2.34. The van der Waals surface area contributed by atoms with Crippen molar-refractivity contribution in [2.24, 2.45) is 5.92 Å². The van der Waals surface area contributed by atoms with Crippen LogP contribution in [0.5, 0.6) is 5.75 Å². The molecule has 0 spiro atoms. The van der Waals surface area contributed by atoms with Gasteiger partial charge in [0.15, 0.2) is 0 Å². The largest absolute Gasteiger partial charge is 0.497 e. The molecule has 2 atom stereocenters. The van der Waals surface area contributed by atoms with E-state index in [2.05, 4.69) is 21.3 Å². The molecule has 7 nitrogen and oxygen atoms in total. The van der Waals surface area contributed by atoms with Crippen molar-refractivity contribution in [2.45, 2.75) is 25.8 Å². The van der Waals surface area contributed by atoms with Crippen LogP contribution < -0.4 is 15.6 Å². The second kappa shape index (κ2) is 7.89. The van der Waals surface area contributed by atoms with Gasteiger partial charge in [-0.25, -0.2) is 0 Å². The molecule has 1 aromatic carbocycles. The first-order valence-electron chi connectivity index (χ1n) is 10.9. The Kier molecular flexibility index (Phi) is 5.06. The molecule has 4 heterocycles. The van der Waals surface area contributed by atoms with Gasteiger partial charge in [-0.3, -0.25) is 9.59 Å². The number of aromatic amines is 1. The van der Waals surface area contributed by atoms with E-state index >= 15 is 0 Å². The molecule has 2 bridgehead atoms. The summed E-state index contributed by atoms with van der Waals surface area (Å²) < 4.78 is 7.25. The first-order chi connectivity index (χ1) is 15.0. The molecule has 2 aliphatic heterocycles. The summed E-state index contributed by atoms with van der Waals surface area (Å²) >= 11 is 0. The summed E-state index contributed by atoms with van der Waals surface area (Å²) in [5, 5.41) is 4.07. The van der Waals surface area contributed by atoms with Gasteiger partial charge in [-0.15, -0.1) is 0 Å². The number of piperidine rings is 1. The summed E-state index contributed by atoms with van der Waals surface area (Å²) in [5.41, 5.74) is 3.73. The molecule has 31 heavy (non-hydrogen) atoms. The van der Waals surface area contributed by atoms with Gasteiger partial charge in [0.1, 0.15) is 11.4 Å². The van der Waals surface area contributed by atoms with E-state index in [1.54, 1.807) is 13.2 Å². The fourth-order valence-corrected chi connectivity index (χ4v) is 5.25. The normalized spacial score (nSPS) is 20.5. The summed E-state index contributed by atoms with van der Waals surface area (Å²) in [6.45, 7) is 6.06. The number of rotatable bonds is 5. The Labute approximate surface area is 181 Å². The summed E-state index contributed by atoms with van der Waals surface area (Å²) in [6.07, 6.45) is 1.14. The van der Waals surface area contributed by atoms with Gasteiger partial charge >= 0.3 is 0 Å². The van der Waals surface area contributed by atoms with Crippen molar-refractivity contribution in [2.75, 3.05) is 33.3 Å². The minimum Gasteiger partial charge on any atom is -0.497 e. The molecular formula is C24H28N4O3. The molecule has 0 unspecified atom stereocenters. The number of methoxy groups -OCH3 is 1. The summed E-state index contributed by atoms with van der Waals surface area (Å²) in [5.74, 6) is 1.58. The van der Waals surface area contributed by atoms with E-state index in [9.17, 15) is 9.59 Å². The Morgan fingerprint density at radius 3 is 2.94 bits per heavy atom. The molecule has 0 saturated carbocycles. The molecule has 0 aliphatic carbocycles. The number of aromatic nitrogens is 2. The molecule has 2 N–H and O–H groups in total. The second-order valence-electron chi connectivity index (χ2n) is 8.75. The minimum atomic E-state index is -0.0817. The molecule has 1 amide bonds. The van der Waals surface area contributed by atoms with E-state index in [0.29, 0.717) is 24.1 Å². The van der Waals surface area contributed by atoms with Crippen molar-refractivity contribution in [3.63, 3.8) is 0 Å². The highest BCUT2D eigenvalue weighted by Crippen LogP contribution is 2.34. The number of carbonyl (C=O) groups is 1. The fraction of sp³-hybridized carbons (Fsp3) is 0.417. The number of pyridine rings is 1. The number of nitrogens with zero attached hydrogens (tertiary/aromatic N) is 2. The smallest absolute Gasteiger partial charge is 0.268 e. The molecule has 1 saturated heterocycles. The maximum absolute atomic E-state index is 12.8. The standard InChI is InChI=1S/C24H28N4O3/c1-15-19-11-18(31-2)6-7-20(19)26-23(15)24(30)25-8-9-27-12-16-10-17(14-27)21-4-3-5-22(29)28(21)13-16/h3-7,11,16-17,26H,8-10,12-14H2,1-2H3,(H,25,30)/t16-,17+/m1/s1. The number of hydrogen-bond donors (Lipinski definition) is 2. The van der Waals surface area contributed by atoms with Gasteiger partial charge in [-0.2, -0.15) is 0 Å². The van der Waals surface area contributed by atoms with Crippen molar-refractivity contribution >= 4 is 16.8 Å². The predicted octanol–water partition coefficient (Wildman–Crippen LogP) is 2.50. The third-order valence-electron chi connectivity index (χ3n) is 6.76. The highest BCUT2D eigenvalue weighted by molar-refractivity contribution is 6.01. The molecule has 0 radical (unpaired) electrons. The van der Waals surface area contributed by atoms with Gasteiger partial charge in [-0.1, -0.05) is 6.07 Å². The van der Waals surface area contributed by atoms with Crippen LogP contribution in [0.2, 0.25) is 0 Å². The lowest BCUT2D eigenvalue weighted by Gasteiger charge is -2.42. The molecule has 7 heteroatoms. The number of ether oxygens (including phenoxy) is 1. The zero-order chi connectivity index (χ0) is 21.5.